The topological polar surface area (TPSA) is 17.1 Å². The molecule has 0 spiro atoms. The zero-order chi connectivity index (χ0) is 9.35. The van der Waals surface area contributed by atoms with Crippen molar-refractivity contribution in [1.82, 2.24) is 0 Å². The second-order valence-electron chi connectivity index (χ2n) is 4.47. The van der Waals surface area contributed by atoms with Crippen molar-refractivity contribution in [3.63, 3.8) is 0 Å². The molecule has 0 saturated carbocycles. The average molecular weight is 166 g/mol. The lowest BCUT2D eigenvalue weighted by molar-refractivity contribution is -0.106. The summed E-state index contributed by atoms with van der Waals surface area (Å²) in [5.41, 5.74) is 2.40. The van der Waals surface area contributed by atoms with Gasteiger partial charge in [0.15, 0.2) is 0 Å². The van der Waals surface area contributed by atoms with Gasteiger partial charge in [-0.1, -0.05) is 26.3 Å². The van der Waals surface area contributed by atoms with Gasteiger partial charge in [0.1, 0.15) is 6.29 Å². The minimum Gasteiger partial charge on any atom is -0.298 e. The van der Waals surface area contributed by atoms with Crippen LogP contribution in [0.25, 0.3) is 0 Å². The summed E-state index contributed by atoms with van der Waals surface area (Å²) in [7, 11) is 0. The highest BCUT2D eigenvalue weighted by molar-refractivity contribution is 5.77. The Hall–Kier alpha value is -0.590. The molecule has 0 heterocycles. The molecule has 0 aliphatic heterocycles. The lowest BCUT2D eigenvalue weighted by Gasteiger charge is -2.37. The molecule has 68 valence electrons. The van der Waals surface area contributed by atoms with Gasteiger partial charge in [0.25, 0.3) is 0 Å². The molecule has 0 fully saturated rings. The van der Waals surface area contributed by atoms with Gasteiger partial charge in [-0.25, -0.2) is 0 Å². The summed E-state index contributed by atoms with van der Waals surface area (Å²) in [6.07, 6.45) is 3.36. The van der Waals surface area contributed by atoms with Gasteiger partial charge >= 0.3 is 0 Å². The lowest BCUT2D eigenvalue weighted by atomic mass is 9.67. The molecule has 0 aromatic heterocycles. The van der Waals surface area contributed by atoms with E-state index in [2.05, 4.69) is 27.7 Å². The smallest absolute Gasteiger partial charge is 0.146 e. The van der Waals surface area contributed by atoms with Crippen molar-refractivity contribution in [1.29, 1.82) is 0 Å². The molecule has 1 aliphatic carbocycles. The maximum absolute atomic E-state index is 10.9. The zero-order valence-electron chi connectivity index (χ0n) is 8.48. The molecular weight excluding hydrogens is 148 g/mol. The number of rotatable bonds is 1. The van der Waals surface area contributed by atoms with Gasteiger partial charge in [-0.3, -0.25) is 4.79 Å². The van der Waals surface area contributed by atoms with Crippen LogP contribution in [0.2, 0.25) is 0 Å². The van der Waals surface area contributed by atoms with Gasteiger partial charge in [-0.15, -0.1) is 0 Å². The van der Waals surface area contributed by atoms with Crippen LogP contribution >= 0.6 is 0 Å². The highest BCUT2D eigenvalue weighted by Gasteiger charge is 2.34. The van der Waals surface area contributed by atoms with Gasteiger partial charge in [-0.05, 0) is 36.7 Å². The third kappa shape index (κ3) is 1.33. The third-order valence-corrected chi connectivity index (χ3v) is 3.46. The molecule has 1 atom stereocenters. The predicted molar refractivity (Wildman–Crippen MR) is 50.9 cm³/mol. The summed E-state index contributed by atoms with van der Waals surface area (Å²) in [5.74, 6) is 0.626. The molecule has 0 amide bonds. The third-order valence-electron chi connectivity index (χ3n) is 3.46. The van der Waals surface area contributed by atoms with Gasteiger partial charge in [-0.2, -0.15) is 0 Å². The Labute approximate surface area is 74.9 Å². The van der Waals surface area contributed by atoms with Crippen LogP contribution in [0.15, 0.2) is 11.1 Å². The van der Waals surface area contributed by atoms with Gasteiger partial charge in [0.05, 0.1) is 0 Å². The fourth-order valence-corrected chi connectivity index (χ4v) is 2.00. The summed E-state index contributed by atoms with van der Waals surface area (Å²) in [6.45, 7) is 8.65. The van der Waals surface area contributed by atoms with Crippen LogP contribution in [0.5, 0.6) is 0 Å². The Kier molecular flexibility index (Phi) is 2.41. The molecule has 1 rings (SSSR count). The molecule has 0 bridgehead atoms. The number of allylic oxidation sites excluding steroid dienone is 2. The number of carbonyl (C=O) groups excluding carboxylic acids is 1. The summed E-state index contributed by atoms with van der Waals surface area (Å²) in [5, 5.41) is 0. The normalized spacial score (nSPS) is 28.8. The van der Waals surface area contributed by atoms with E-state index in [1.165, 1.54) is 12.0 Å². The second-order valence-corrected chi connectivity index (χ2v) is 4.47. The number of hydrogen-bond donors (Lipinski definition) is 0. The van der Waals surface area contributed by atoms with E-state index in [-0.39, 0.29) is 5.41 Å². The number of aldehydes is 1. The van der Waals surface area contributed by atoms with Crippen molar-refractivity contribution in [2.45, 2.75) is 40.5 Å². The standard InChI is InChI=1S/C11H18O/c1-8-5-6-9(2)11(3,4)10(8)7-12/h7,9H,5-6H2,1-4H3. The molecule has 0 saturated heterocycles. The van der Waals surface area contributed by atoms with Crippen LogP contribution < -0.4 is 0 Å². The largest absolute Gasteiger partial charge is 0.298 e. The van der Waals surface area contributed by atoms with Gasteiger partial charge < -0.3 is 0 Å². The summed E-state index contributed by atoms with van der Waals surface area (Å²) < 4.78 is 0. The molecule has 12 heavy (non-hydrogen) atoms. The van der Waals surface area contributed by atoms with Crippen LogP contribution in [0.3, 0.4) is 0 Å². The molecule has 1 aliphatic rings. The van der Waals surface area contributed by atoms with Crippen LogP contribution in [0, 0.1) is 11.3 Å². The molecule has 0 aromatic carbocycles. The van der Waals surface area contributed by atoms with E-state index in [1.807, 2.05) is 0 Å². The number of hydrogen-bond acceptors (Lipinski definition) is 1. The van der Waals surface area contributed by atoms with E-state index in [0.29, 0.717) is 5.92 Å². The Bertz CT molecular complexity index is 223. The fraction of sp³-hybridized carbons (Fsp3) is 0.727. The monoisotopic (exact) mass is 166 g/mol. The van der Waals surface area contributed by atoms with Crippen LogP contribution in [-0.4, -0.2) is 6.29 Å². The van der Waals surface area contributed by atoms with Crippen molar-refractivity contribution < 1.29 is 4.79 Å². The zero-order valence-corrected chi connectivity index (χ0v) is 8.48. The van der Waals surface area contributed by atoms with E-state index < -0.39 is 0 Å². The SMILES string of the molecule is CC1=C(C=O)C(C)(C)C(C)CC1. The molecular formula is C11H18O. The first-order valence-electron chi connectivity index (χ1n) is 4.65. The molecule has 0 aromatic rings. The average Bonchev–Trinajstić information content (AvgIpc) is 1.98. The Morgan fingerprint density at radius 1 is 1.50 bits per heavy atom. The van der Waals surface area contributed by atoms with E-state index in [9.17, 15) is 4.79 Å². The first kappa shape index (κ1) is 9.50. The molecule has 1 heteroatoms. The van der Waals surface area contributed by atoms with E-state index in [4.69, 9.17) is 0 Å². The van der Waals surface area contributed by atoms with Crippen LogP contribution in [-0.2, 0) is 4.79 Å². The lowest BCUT2D eigenvalue weighted by Crippen LogP contribution is -2.29. The Morgan fingerprint density at radius 2 is 2.08 bits per heavy atom. The second kappa shape index (κ2) is 3.04. The fourth-order valence-electron chi connectivity index (χ4n) is 2.00. The quantitative estimate of drug-likeness (QED) is 0.547. The van der Waals surface area contributed by atoms with E-state index in [1.54, 1.807) is 0 Å². The van der Waals surface area contributed by atoms with Crippen molar-refractivity contribution >= 4 is 6.29 Å². The summed E-state index contributed by atoms with van der Waals surface area (Å²) in [4.78, 5) is 10.9. The highest BCUT2D eigenvalue weighted by Crippen LogP contribution is 2.43. The van der Waals surface area contributed by atoms with Crippen LogP contribution in [0.1, 0.15) is 40.5 Å². The number of carbonyl (C=O) groups is 1. The molecule has 1 unspecified atom stereocenters. The maximum atomic E-state index is 10.9. The van der Waals surface area contributed by atoms with Crippen molar-refractivity contribution in [3.8, 4) is 0 Å². The molecule has 1 nitrogen and oxygen atoms in total. The Balaban J connectivity index is 3.09. The minimum atomic E-state index is 0.0874. The maximum Gasteiger partial charge on any atom is 0.146 e. The summed E-state index contributed by atoms with van der Waals surface area (Å²) in [6, 6.07) is 0. The minimum absolute atomic E-state index is 0.0874. The first-order valence-corrected chi connectivity index (χ1v) is 4.65. The van der Waals surface area contributed by atoms with Crippen molar-refractivity contribution in [2.24, 2.45) is 11.3 Å². The van der Waals surface area contributed by atoms with Crippen molar-refractivity contribution in [2.75, 3.05) is 0 Å². The predicted octanol–water partition coefficient (Wildman–Crippen LogP) is 2.96. The Morgan fingerprint density at radius 3 is 2.50 bits per heavy atom. The van der Waals surface area contributed by atoms with Gasteiger partial charge in [0.2, 0.25) is 0 Å². The first-order chi connectivity index (χ1) is 5.50. The summed E-state index contributed by atoms with van der Waals surface area (Å²) >= 11 is 0. The highest BCUT2D eigenvalue weighted by atomic mass is 16.1. The van der Waals surface area contributed by atoms with E-state index in [0.717, 1.165) is 18.3 Å². The van der Waals surface area contributed by atoms with E-state index >= 15 is 0 Å². The molecule has 0 N–H and O–H groups in total. The van der Waals surface area contributed by atoms with Crippen molar-refractivity contribution in [3.05, 3.63) is 11.1 Å². The van der Waals surface area contributed by atoms with Gasteiger partial charge in [0, 0.05) is 0 Å². The van der Waals surface area contributed by atoms with Crippen LogP contribution in [0.4, 0.5) is 0 Å². The molecule has 0 radical (unpaired) electrons.